The van der Waals surface area contributed by atoms with Gasteiger partial charge in [0.25, 0.3) is 0 Å². The molecule has 4 aromatic rings. The Morgan fingerprint density at radius 2 is 2.03 bits per heavy atom. The maximum absolute atomic E-state index is 9.75. The van der Waals surface area contributed by atoms with Crippen LogP contribution < -0.4 is 20.1 Å². The van der Waals surface area contributed by atoms with Crippen LogP contribution in [0.15, 0.2) is 36.5 Å². The molecule has 0 atom stereocenters. The molecule has 10 nitrogen and oxygen atoms in total. The lowest BCUT2D eigenvalue weighted by atomic mass is 9.99. The Balaban J connectivity index is 1.27. The van der Waals surface area contributed by atoms with E-state index in [0.29, 0.717) is 47.1 Å². The van der Waals surface area contributed by atoms with E-state index < -0.39 is 0 Å². The maximum atomic E-state index is 9.75. The van der Waals surface area contributed by atoms with Gasteiger partial charge in [-0.1, -0.05) is 24.4 Å². The number of H-pyrrole nitrogens is 1. The number of benzene rings is 2. The molecule has 1 aliphatic rings. The summed E-state index contributed by atoms with van der Waals surface area (Å²) in [4.78, 5) is 4.65. The highest BCUT2D eigenvalue weighted by atomic mass is 35.5. The number of aliphatic hydroxyl groups is 1. The molecule has 2 aromatic carbocycles. The van der Waals surface area contributed by atoms with Crippen LogP contribution in [0.3, 0.4) is 0 Å². The highest BCUT2D eigenvalue weighted by Gasteiger charge is 2.32. The van der Waals surface area contributed by atoms with Gasteiger partial charge in [-0.15, -0.1) is 5.10 Å². The quantitative estimate of drug-likeness (QED) is 0.235. The minimum atomic E-state index is -0.164. The molecule has 0 saturated heterocycles. The van der Waals surface area contributed by atoms with Crippen molar-refractivity contribution < 1.29 is 14.6 Å². The van der Waals surface area contributed by atoms with Crippen molar-refractivity contribution in [2.45, 2.75) is 31.2 Å². The van der Waals surface area contributed by atoms with Gasteiger partial charge in [-0.3, -0.25) is 5.10 Å². The molecule has 0 radical (unpaired) electrons. The lowest BCUT2D eigenvalue weighted by molar-refractivity contribution is 0.156. The molecule has 2 aromatic heterocycles. The molecular formula is C25H30ClN7O3. The molecule has 4 N–H and O–H groups in total. The highest BCUT2D eigenvalue weighted by Crippen LogP contribution is 2.34. The van der Waals surface area contributed by atoms with Crippen LogP contribution >= 0.6 is 11.6 Å². The number of hydrogen-bond acceptors (Lipinski definition) is 8. The number of nitrogens with zero attached hydrogens (tertiary/aromatic N) is 4. The molecular weight excluding hydrogens is 482 g/mol. The number of anilines is 2. The van der Waals surface area contributed by atoms with Crippen molar-refractivity contribution in [3.8, 4) is 22.9 Å². The SMILES string of the molecule is COc1cc(-c2nc(Nc3ccc4[nH]ncc4c3Cl)n(C)n2)ccc1OCCNC1(CO)CCCC1. The molecule has 1 fully saturated rings. The first-order valence-electron chi connectivity index (χ1n) is 12.0. The van der Waals surface area contributed by atoms with Gasteiger partial charge in [0.15, 0.2) is 17.3 Å². The first kappa shape index (κ1) is 24.4. The predicted octanol–water partition coefficient (Wildman–Crippen LogP) is 4.04. The van der Waals surface area contributed by atoms with E-state index in [2.05, 4.69) is 30.9 Å². The molecule has 0 amide bonds. The molecule has 1 saturated carbocycles. The van der Waals surface area contributed by atoms with Crippen LogP contribution in [0.2, 0.25) is 5.02 Å². The molecule has 0 unspecified atom stereocenters. The molecule has 0 spiro atoms. The van der Waals surface area contributed by atoms with Gasteiger partial charge in [-0.25, -0.2) is 4.68 Å². The van der Waals surface area contributed by atoms with E-state index in [-0.39, 0.29) is 12.1 Å². The monoisotopic (exact) mass is 511 g/mol. The summed E-state index contributed by atoms with van der Waals surface area (Å²) in [5.74, 6) is 2.32. The summed E-state index contributed by atoms with van der Waals surface area (Å²) in [5, 5.41) is 29.4. The number of hydrogen-bond donors (Lipinski definition) is 4. The molecule has 5 rings (SSSR count). The minimum absolute atomic E-state index is 0.156. The summed E-state index contributed by atoms with van der Waals surface area (Å²) in [5.41, 5.74) is 2.20. The number of methoxy groups -OCH3 is 1. The average Bonchev–Trinajstić information content (AvgIpc) is 3.65. The lowest BCUT2D eigenvalue weighted by Crippen LogP contribution is -2.47. The van der Waals surface area contributed by atoms with Crippen LogP contribution in [0.5, 0.6) is 11.5 Å². The van der Waals surface area contributed by atoms with Gasteiger partial charge in [-0.2, -0.15) is 10.1 Å². The van der Waals surface area contributed by atoms with Crippen LogP contribution in [0.25, 0.3) is 22.3 Å². The van der Waals surface area contributed by atoms with Crippen molar-refractivity contribution >= 4 is 34.1 Å². The normalized spacial score (nSPS) is 14.9. The van der Waals surface area contributed by atoms with Crippen molar-refractivity contribution in [1.82, 2.24) is 30.3 Å². The van der Waals surface area contributed by atoms with Crippen molar-refractivity contribution in [2.75, 3.05) is 32.2 Å². The zero-order chi connectivity index (χ0) is 25.1. The van der Waals surface area contributed by atoms with Crippen LogP contribution in [0.1, 0.15) is 25.7 Å². The zero-order valence-corrected chi connectivity index (χ0v) is 21.1. The predicted molar refractivity (Wildman–Crippen MR) is 139 cm³/mol. The first-order chi connectivity index (χ1) is 17.5. The fourth-order valence-electron chi connectivity index (χ4n) is 4.66. The number of aliphatic hydroxyl groups excluding tert-OH is 1. The van der Waals surface area contributed by atoms with Gasteiger partial charge in [0.2, 0.25) is 5.95 Å². The summed E-state index contributed by atoms with van der Waals surface area (Å²) < 4.78 is 13.2. The third-order valence-electron chi connectivity index (χ3n) is 6.71. The summed E-state index contributed by atoms with van der Waals surface area (Å²) in [7, 11) is 3.42. The second-order valence-corrected chi connectivity index (χ2v) is 9.43. The topological polar surface area (TPSA) is 122 Å². The Hall–Kier alpha value is -3.34. The van der Waals surface area contributed by atoms with Crippen molar-refractivity contribution in [2.24, 2.45) is 7.05 Å². The Morgan fingerprint density at radius 3 is 2.81 bits per heavy atom. The van der Waals surface area contributed by atoms with E-state index in [9.17, 15) is 5.11 Å². The number of rotatable bonds is 10. The van der Waals surface area contributed by atoms with Gasteiger partial charge >= 0.3 is 0 Å². The number of aromatic nitrogens is 5. The largest absolute Gasteiger partial charge is 0.493 e. The second kappa shape index (κ2) is 10.3. The number of fused-ring (bicyclic) bond motifs is 1. The number of ether oxygens (including phenoxy) is 2. The third kappa shape index (κ3) is 4.84. The Kier molecular flexibility index (Phi) is 6.99. The molecule has 190 valence electrons. The molecule has 0 aliphatic heterocycles. The van der Waals surface area contributed by atoms with Gasteiger partial charge in [0.05, 0.1) is 36.1 Å². The van der Waals surface area contributed by atoms with E-state index in [1.807, 2.05) is 37.4 Å². The smallest absolute Gasteiger partial charge is 0.225 e. The van der Waals surface area contributed by atoms with Gasteiger partial charge < -0.3 is 25.2 Å². The highest BCUT2D eigenvalue weighted by molar-refractivity contribution is 6.38. The summed E-state index contributed by atoms with van der Waals surface area (Å²) in [6.07, 6.45) is 5.99. The zero-order valence-electron chi connectivity index (χ0n) is 20.3. The maximum Gasteiger partial charge on any atom is 0.225 e. The minimum Gasteiger partial charge on any atom is -0.493 e. The van der Waals surface area contributed by atoms with Crippen molar-refractivity contribution in [3.05, 3.63) is 41.6 Å². The van der Waals surface area contributed by atoms with E-state index in [0.717, 1.165) is 42.1 Å². The molecule has 2 heterocycles. The lowest BCUT2D eigenvalue weighted by Gasteiger charge is -2.28. The van der Waals surface area contributed by atoms with Gasteiger partial charge in [-0.05, 0) is 43.2 Å². The summed E-state index contributed by atoms with van der Waals surface area (Å²) in [6.45, 7) is 1.27. The van der Waals surface area contributed by atoms with E-state index >= 15 is 0 Å². The number of aryl methyl sites for hydroxylation is 1. The number of halogens is 1. The average molecular weight is 512 g/mol. The van der Waals surface area contributed by atoms with Crippen LogP contribution in [-0.2, 0) is 7.05 Å². The third-order valence-corrected chi connectivity index (χ3v) is 7.12. The Morgan fingerprint density at radius 1 is 1.19 bits per heavy atom. The van der Waals surface area contributed by atoms with Gasteiger partial charge in [0, 0.05) is 30.1 Å². The van der Waals surface area contributed by atoms with E-state index in [1.54, 1.807) is 18.0 Å². The molecule has 1 aliphatic carbocycles. The van der Waals surface area contributed by atoms with Crippen molar-refractivity contribution in [1.29, 1.82) is 0 Å². The van der Waals surface area contributed by atoms with E-state index in [4.69, 9.17) is 21.1 Å². The van der Waals surface area contributed by atoms with Crippen molar-refractivity contribution in [3.63, 3.8) is 0 Å². The summed E-state index contributed by atoms with van der Waals surface area (Å²) in [6, 6.07) is 9.40. The van der Waals surface area contributed by atoms with Gasteiger partial charge in [0.1, 0.15) is 6.61 Å². The fraction of sp³-hybridized carbons (Fsp3) is 0.400. The molecule has 11 heteroatoms. The van der Waals surface area contributed by atoms with Crippen LogP contribution in [0, 0.1) is 0 Å². The molecule has 36 heavy (non-hydrogen) atoms. The number of nitrogens with one attached hydrogen (secondary N) is 3. The molecule has 0 bridgehead atoms. The Labute approximate surface area is 214 Å². The standard InChI is InChI=1S/C25H30ClN7O3/c1-33-24(29-19-7-6-18-17(22(19)26)14-28-31-18)30-23(32-33)16-5-8-20(21(13-16)35-2)36-12-11-27-25(15-34)9-3-4-10-25/h5-8,13-14,27,34H,3-4,9-12,15H2,1-2H3,(H,28,31)(H,29,30,32). The number of aromatic amines is 1. The first-order valence-corrected chi connectivity index (χ1v) is 12.4. The van der Waals surface area contributed by atoms with Crippen LogP contribution in [-0.4, -0.2) is 62.5 Å². The van der Waals surface area contributed by atoms with E-state index in [1.165, 1.54) is 0 Å². The second-order valence-electron chi connectivity index (χ2n) is 9.05. The van der Waals surface area contributed by atoms with Crippen LogP contribution in [0.4, 0.5) is 11.6 Å². The Bertz CT molecular complexity index is 1350. The fourth-order valence-corrected chi connectivity index (χ4v) is 4.92. The summed E-state index contributed by atoms with van der Waals surface area (Å²) >= 11 is 6.54.